The Hall–Kier alpha value is -2.30. The minimum atomic E-state index is 0.470. The van der Waals surface area contributed by atoms with Gasteiger partial charge in [0.1, 0.15) is 11.5 Å². The van der Waals surface area contributed by atoms with E-state index in [4.69, 9.17) is 10.5 Å². The molecule has 22 heavy (non-hydrogen) atoms. The number of rotatable bonds is 7. The largest absolute Gasteiger partial charge is 0.476 e. The topological polar surface area (TPSA) is 73.1 Å². The molecule has 1 aromatic carbocycles. The Balaban J connectivity index is 2.16. The van der Waals surface area contributed by atoms with Gasteiger partial charge in [0, 0.05) is 13.0 Å². The Bertz CT molecular complexity index is 611. The molecule has 5 heteroatoms. The van der Waals surface area contributed by atoms with Crippen molar-refractivity contribution in [3.8, 4) is 5.88 Å². The Morgan fingerprint density at radius 3 is 2.50 bits per heavy atom. The third kappa shape index (κ3) is 4.10. The van der Waals surface area contributed by atoms with Crippen molar-refractivity contribution in [2.45, 2.75) is 40.2 Å². The number of nitrogens with two attached hydrogens (primary N) is 1. The first-order valence-electron chi connectivity index (χ1n) is 7.72. The number of hydrogen-bond acceptors (Lipinski definition) is 5. The Morgan fingerprint density at radius 2 is 1.86 bits per heavy atom. The van der Waals surface area contributed by atoms with Gasteiger partial charge in [0.15, 0.2) is 5.82 Å². The van der Waals surface area contributed by atoms with Gasteiger partial charge in [-0.1, -0.05) is 43.7 Å². The van der Waals surface area contributed by atoms with Crippen LogP contribution in [0.25, 0.3) is 0 Å². The lowest BCUT2D eigenvalue weighted by molar-refractivity contribution is 0.305. The highest BCUT2D eigenvalue weighted by atomic mass is 16.5. The van der Waals surface area contributed by atoms with E-state index in [1.807, 2.05) is 6.92 Å². The fourth-order valence-corrected chi connectivity index (χ4v) is 1.99. The number of benzene rings is 1. The van der Waals surface area contributed by atoms with Gasteiger partial charge in [-0.05, 0) is 18.9 Å². The van der Waals surface area contributed by atoms with E-state index in [1.54, 1.807) is 0 Å². The first kappa shape index (κ1) is 16.1. The number of ether oxygens (including phenoxy) is 1. The number of anilines is 2. The van der Waals surface area contributed by atoms with Gasteiger partial charge in [-0.3, -0.25) is 0 Å². The quantitative estimate of drug-likeness (QED) is 0.820. The van der Waals surface area contributed by atoms with Gasteiger partial charge in [0.05, 0.1) is 6.61 Å². The van der Waals surface area contributed by atoms with E-state index < -0.39 is 0 Å². The summed E-state index contributed by atoms with van der Waals surface area (Å²) in [5, 5.41) is 3.28. The lowest BCUT2D eigenvalue weighted by atomic mass is 10.1. The van der Waals surface area contributed by atoms with Crippen molar-refractivity contribution >= 4 is 11.5 Å². The molecule has 2 rings (SSSR count). The first-order chi connectivity index (χ1) is 10.6. The Morgan fingerprint density at radius 1 is 1.14 bits per heavy atom. The summed E-state index contributed by atoms with van der Waals surface area (Å²) in [5.74, 6) is 1.84. The second-order valence-electron chi connectivity index (χ2n) is 5.25. The molecule has 0 bridgehead atoms. The monoisotopic (exact) mass is 300 g/mol. The lowest BCUT2D eigenvalue weighted by Crippen LogP contribution is -2.11. The smallest absolute Gasteiger partial charge is 0.242 e. The highest BCUT2D eigenvalue weighted by Gasteiger charge is 2.12. The molecule has 0 aliphatic carbocycles. The van der Waals surface area contributed by atoms with Crippen LogP contribution in [0.15, 0.2) is 24.3 Å². The predicted octanol–water partition coefficient (Wildman–Crippen LogP) is 3.33. The summed E-state index contributed by atoms with van der Waals surface area (Å²) in [7, 11) is 0. The van der Waals surface area contributed by atoms with Crippen LogP contribution < -0.4 is 15.8 Å². The van der Waals surface area contributed by atoms with E-state index >= 15 is 0 Å². The maximum atomic E-state index is 6.12. The molecular formula is C17H24N4O. The third-order valence-electron chi connectivity index (χ3n) is 3.30. The highest BCUT2D eigenvalue weighted by molar-refractivity contribution is 5.67. The maximum Gasteiger partial charge on any atom is 0.242 e. The van der Waals surface area contributed by atoms with Crippen LogP contribution in [0.1, 0.15) is 37.2 Å². The van der Waals surface area contributed by atoms with Crippen molar-refractivity contribution in [3.05, 3.63) is 41.2 Å². The number of hydrogen-bond donors (Lipinski definition) is 2. The van der Waals surface area contributed by atoms with E-state index in [0.29, 0.717) is 30.5 Å². The summed E-state index contributed by atoms with van der Waals surface area (Å²) in [5.41, 5.74) is 9.02. The van der Waals surface area contributed by atoms with Crippen LogP contribution in [-0.4, -0.2) is 16.6 Å². The van der Waals surface area contributed by atoms with Crippen LogP contribution in [-0.2, 0) is 13.0 Å². The molecule has 0 unspecified atom stereocenters. The van der Waals surface area contributed by atoms with Crippen LogP contribution >= 0.6 is 0 Å². The van der Waals surface area contributed by atoms with Gasteiger partial charge >= 0.3 is 0 Å². The van der Waals surface area contributed by atoms with Crippen LogP contribution in [0.3, 0.4) is 0 Å². The van der Waals surface area contributed by atoms with Crippen molar-refractivity contribution in [2.75, 3.05) is 17.7 Å². The molecule has 0 saturated heterocycles. The van der Waals surface area contributed by atoms with E-state index in [2.05, 4.69) is 53.4 Å². The summed E-state index contributed by atoms with van der Waals surface area (Å²) >= 11 is 0. The van der Waals surface area contributed by atoms with Crippen LogP contribution in [0.2, 0.25) is 0 Å². The lowest BCUT2D eigenvalue weighted by Gasteiger charge is -2.13. The highest BCUT2D eigenvalue weighted by Crippen LogP contribution is 2.26. The molecule has 1 heterocycles. The van der Waals surface area contributed by atoms with Gasteiger partial charge in [0.25, 0.3) is 0 Å². The van der Waals surface area contributed by atoms with E-state index in [1.165, 1.54) is 11.1 Å². The molecule has 2 aromatic rings. The van der Waals surface area contributed by atoms with E-state index in [9.17, 15) is 0 Å². The van der Waals surface area contributed by atoms with Gasteiger partial charge in [-0.2, -0.15) is 4.98 Å². The number of aryl methyl sites for hydroxylation is 2. The van der Waals surface area contributed by atoms with Crippen molar-refractivity contribution < 1.29 is 4.74 Å². The summed E-state index contributed by atoms with van der Waals surface area (Å²) in [6.07, 6.45) is 1.65. The van der Waals surface area contributed by atoms with Gasteiger partial charge in [-0.15, -0.1) is 0 Å². The molecule has 0 atom stereocenters. The molecule has 0 fully saturated rings. The van der Waals surface area contributed by atoms with Crippen molar-refractivity contribution in [1.29, 1.82) is 0 Å². The van der Waals surface area contributed by atoms with Crippen LogP contribution in [0, 0.1) is 6.92 Å². The second kappa shape index (κ2) is 7.64. The first-order valence-corrected chi connectivity index (χ1v) is 7.72. The van der Waals surface area contributed by atoms with Crippen LogP contribution in [0.5, 0.6) is 5.88 Å². The standard InChI is InChI=1S/C17H24N4O/c1-4-10-22-17-15(18)16(20-14(5-2)21-17)19-11-13-8-6-12(3)7-9-13/h6-9H,4-5,10-11,18H2,1-3H3,(H,19,20,21). The predicted molar refractivity (Wildman–Crippen MR) is 90.1 cm³/mol. The number of nitrogens with zero attached hydrogens (tertiary/aromatic N) is 2. The molecule has 5 nitrogen and oxygen atoms in total. The second-order valence-corrected chi connectivity index (χ2v) is 5.25. The average molecular weight is 300 g/mol. The molecule has 0 radical (unpaired) electrons. The zero-order valence-corrected chi connectivity index (χ0v) is 13.5. The molecule has 0 spiro atoms. The summed E-state index contributed by atoms with van der Waals surface area (Å²) in [6, 6.07) is 8.37. The minimum absolute atomic E-state index is 0.470. The van der Waals surface area contributed by atoms with Crippen molar-refractivity contribution in [1.82, 2.24) is 9.97 Å². The van der Waals surface area contributed by atoms with Crippen LogP contribution in [0.4, 0.5) is 11.5 Å². The number of aromatic nitrogens is 2. The fourth-order valence-electron chi connectivity index (χ4n) is 1.99. The molecule has 0 saturated carbocycles. The normalized spacial score (nSPS) is 10.5. The Labute approximate surface area is 131 Å². The number of nitrogens with one attached hydrogen (secondary N) is 1. The third-order valence-corrected chi connectivity index (χ3v) is 3.30. The molecule has 0 aliphatic heterocycles. The molecule has 118 valence electrons. The Kier molecular flexibility index (Phi) is 5.58. The summed E-state index contributed by atoms with van der Waals surface area (Å²) in [4.78, 5) is 8.82. The zero-order valence-electron chi connectivity index (χ0n) is 13.5. The molecule has 0 amide bonds. The molecule has 1 aromatic heterocycles. The van der Waals surface area contributed by atoms with Gasteiger partial charge in [0.2, 0.25) is 5.88 Å². The molecule has 3 N–H and O–H groups in total. The summed E-state index contributed by atoms with van der Waals surface area (Å²) in [6.45, 7) is 7.40. The van der Waals surface area contributed by atoms with Gasteiger partial charge in [-0.25, -0.2) is 4.98 Å². The van der Waals surface area contributed by atoms with Crippen molar-refractivity contribution in [2.24, 2.45) is 0 Å². The van der Waals surface area contributed by atoms with E-state index in [-0.39, 0.29) is 0 Å². The maximum absolute atomic E-state index is 6.12. The van der Waals surface area contributed by atoms with E-state index in [0.717, 1.165) is 18.7 Å². The summed E-state index contributed by atoms with van der Waals surface area (Å²) < 4.78 is 5.62. The zero-order chi connectivity index (χ0) is 15.9. The fraction of sp³-hybridized carbons (Fsp3) is 0.412. The molecule has 0 aliphatic rings. The van der Waals surface area contributed by atoms with Crippen molar-refractivity contribution in [3.63, 3.8) is 0 Å². The number of nitrogen functional groups attached to an aromatic ring is 1. The molecular weight excluding hydrogens is 276 g/mol. The van der Waals surface area contributed by atoms with Gasteiger partial charge < -0.3 is 15.8 Å². The average Bonchev–Trinajstić information content (AvgIpc) is 2.54. The SMILES string of the molecule is CCCOc1nc(CC)nc(NCc2ccc(C)cc2)c1N. The minimum Gasteiger partial charge on any atom is -0.476 e.